The summed E-state index contributed by atoms with van der Waals surface area (Å²) in [5.41, 5.74) is 2.66. The predicted molar refractivity (Wildman–Crippen MR) is 71.7 cm³/mol. The first kappa shape index (κ1) is 11.9. The molecule has 3 rings (SSSR count). The highest BCUT2D eigenvalue weighted by atomic mass is 19.1. The Morgan fingerprint density at radius 2 is 2.00 bits per heavy atom. The van der Waals surface area contributed by atoms with Gasteiger partial charge in [-0.25, -0.2) is 9.37 Å². The average molecular weight is 256 g/mol. The molecule has 3 nitrogen and oxygen atoms in total. The van der Waals surface area contributed by atoms with Crippen molar-refractivity contribution in [1.29, 1.82) is 0 Å². The molecule has 19 heavy (non-hydrogen) atoms. The van der Waals surface area contributed by atoms with E-state index in [9.17, 15) is 9.50 Å². The highest BCUT2D eigenvalue weighted by Crippen LogP contribution is 2.23. The Balaban J connectivity index is 2.17. The van der Waals surface area contributed by atoms with Gasteiger partial charge in [0, 0.05) is 0 Å². The zero-order valence-electron chi connectivity index (χ0n) is 10.4. The first-order valence-electron chi connectivity index (χ1n) is 6.07. The average Bonchev–Trinajstić information content (AvgIpc) is 2.82. The van der Waals surface area contributed by atoms with Gasteiger partial charge >= 0.3 is 0 Å². The van der Waals surface area contributed by atoms with Gasteiger partial charge in [0.25, 0.3) is 0 Å². The number of benzene rings is 2. The molecule has 4 heteroatoms. The number of fused-ring (bicyclic) bond motifs is 1. The summed E-state index contributed by atoms with van der Waals surface area (Å²) in [4.78, 5) is 4.24. The van der Waals surface area contributed by atoms with E-state index in [-0.39, 0.29) is 5.82 Å². The molecule has 3 aromatic rings. The Labute approximate surface area is 109 Å². The topological polar surface area (TPSA) is 38.0 Å². The van der Waals surface area contributed by atoms with Crippen molar-refractivity contribution >= 4 is 11.0 Å². The number of aliphatic hydroxyl groups excluding tert-OH is 1. The quantitative estimate of drug-likeness (QED) is 0.764. The molecular weight excluding hydrogens is 243 g/mol. The monoisotopic (exact) mass is 256 g/mol. The molecular formula is C15H13FN2O. The van der Waals surface area contributed by atoms with Crippen molar-refractivity contribution in [2.24, 2.45) is 0 Å². The summed E-state index contributed by atoms with van der Waals surface area (Å²) in [5, 5.41) is 9.46. The van der Waals surface area contributed by atoms with Gasteiger partial charge in [0.15, 0.2) is 0 Å². The van der Waals surface area contributed by atoms with Crippen molar-refractivity contribution in [2.75, 3.05) is 0 Å². The van der Waals surface area contributed by atoms with Gasteiger partial charge in [-0.3, -0.25) is 4.57 Å². The molecule has 0 saturated heterocycles. The molecule has 0 aliphatic heterocycles. The van der Waals surface area contributed by atoms with E-state index in [0.717, 1.165) is 11.0 Å². The summed E-state index contributed by atoms with van der Waals surface area (Å²) < 4.78 is 15.8. The third-order valence-corrected chi connectivity index (χ3v) is 3.17. The number of aliphatic hydroxyl groups is 1. The minimum atomic E-state index is -0.678. The van der Waals surface area contributed by atoms with Gasteiger partial charge < -0.3 is 5.11 Å². The highest BCUT2D eigenvalue weighted by molar-refractivity contribution is 5.77. The zero-order chi connectivity index (χ0) is 13.4. The molecule has 0 amide bonds. The van der Waals surface area contributed by atoms with Crippen LogP contribution in [0, 0.1) is 5.82 Å². The van der Waals surface area contributed by atoms with Crippen molar-refractivity contribution in [2.45, 2.75) is 13.0 Å². The van der Waals surface area contributed by atoms with Crippen molar-refractivity contribution in [3.05, 3.63) is 60.2 Å². The fraction of sp³-hybridized carbons (Fsp3) is 0.133. The van der Waals surface area contributed by atoms with Gasteiger partial charge in [-0.15, -0.1) is 0 Å². The first-order valence-corrected chi connectivity index (χ1v) is 6.07. The van der Waals surface area contributed by atoms with Crippen LogP contribution in [0.15, 0.2) is 48.8 Å². The molecule has 1 N–H and O–H groups in total. The van der Waals surface area contributed by atoms with Crippen molar-refractivity contribution < 1.29 is 9.50 Å². The molecule has 2 aromatic carbocycles. The molecule has 0 spiro atoms. The van der Waals surface area contributed by atoms with E-state index >= 15 is 0 Å². The first-order chi connectivity index (χ1) is 9.16. The van der Waals surface area contributed by atoms with Crippen LogP contribution in [0.2, 0.25) is 0 Å². The lowest BCUT2D eigenvalue weighted by Gasteiger charge is -2.09. The number of para-hydroxylation sites is 2. The second-order valence-electron chi connectivity index (χ2n) is 4.49. The molecule has 0 radical (unpaired) electrons. The Hall–Kier alpha value is -2.20. The largest absolute Gasteiger partial charge is 0.389 e. The number of hydrogen-bond acceptors (Lipinski definition) is 2. The molecule has 0 saturated carbocycles. The van der Waals surface area contributed by atoms with Gasteiger partial charge in [-0.05, 0) is 36.8 Å². The van der Waals surface area contributed by atoms with E-state index in [1.54, 1.807) is 30.0 Å². The summed E-state index contributed by atoms with van der Waals surface area (Å²) in [6.45, 7) is 1.61. The highest BCUT2D eigenvalue weighted by Gasteiger charge is 2.10. The fourth-order valence-electron chi connectivity index (χ4n) is 2.13. The van der Waals surface area contributed by atoms with E-state index in [1.165, 1.54) is 6.07 Å². The third-order valence-electron chi connectivity index (χ3n) is 3.17. The minimum Gasteiger partial charge on any atom is -0.389 e. The van der Waals surface area contributed by atoms with Crippen LogP contribution in [-0.2, 0) is 0 Å². The summed E-state index contributed by atoms with van der Waals surface area (Å²) in [7, 11) is 0. The zero-order valence-corrected chi connectivity index (χ0v) is 10.4. The summed E-state index contributed by atoms with van der Waals surface area (Å²) in [6.07, 6.45) is 0.925. The Morgan fingerprint density at radius 1 is 1.21 bits per heavy atom. The smallest absolute Gasteiger partial charge is 0.147 e. The SMILES string of the molecule is C[C@@H](O)c1ccc(-n2cnc3ccccc32)c(F)c1. The Kier molecular flexibility index (Phi) is 2.80. The lowest BCUT2D eigenvalue weighted by atomic mass is 10.1. The molecule has 0 aliphatic rings. The van der Waals surface area contributed by atoms with E-state index in [1.807, 2.05) is 24.3 Å². The Morgan fingerprint density at radius 3 is 2.74 bits per heavy atom. The van der Waals surface area contributed by atoms with E-state index in [2.05, 4.69) is 4.98 Å². The predicted octanol–water partition coefficient (Wildman–Crippen LogP) is 3.22. The summed E-state index contributed by atoms with van der Waals surface area (Å²) in [5.74, 6) is -0.374. The molecule has 0 bridgehead atoms. The van der Waals surface area contributed by atoms with Gasteiger partial charge in [0.1, 0.15) is 12.1 Å². The van der Waals surface area contributed by atoms with Crippen molar-refractivity contribution in [3.63, 3.8) is 0 Å². The molecule has 1 atom stereocenters. The second-order valence-corrected chi connectivity index (χ2v) is 4.49. The number of hydrogen-bond donors (Lipinski definition) is 1. The third kappa shape index (κ3) is 2.00. The second kappa shape index (κ2) is 4.48. The lowest BCUT2D eigenvalue weighted by Crippen LogP contribution is -1.99. The van der Waals surface area contributed by atoms with Crippen LogP contribution in [0.5, 0.6) is 0 Å². The maximum atomic E-state index is 14.1. The number of nitrogens with zero attached hydrogens (tertiary/aromatic N) is 2. The summed E-state index contributed by atoms with van der Waals surface area (Å²) in [6, 6.07) is 12.3. The lowest BCUT2D eigenvalue weighted by molar-refractivity contribution is 0.199. The van der Waals surface area contributed by atoms with Crippen LogP contribution in [0.25, 0.3) is 16.7 Å². The van der Waals surface area contributed by atoms with Gasteiger partial charge in [0.05, 0.1) is 22.8 Å². The Bertz CT molecular complexity index is 734. The molecule has 0 unspecified atom stereocenters. The summed E-state index contributed by atoms with van der Waals surface area (Å²) >= 11 is 0. The van der Waals surface area contributed by atoms with E-state index < -0.39 is 6.10 Å². The molecule has 96 valence electrons. The van der Waals surface area contributed by atoms with Gasteiger partial charge in [0.2, 0.25) is 0 Å². The maximum Gasteiger partial charge on any atom is 0.147 e. The van der Waals surface area contributed by atoms with Crippen molar-refractivity contribution in [1.82, 2.24) is 9.55 Å². The molecule has 1 heterocycles. The normalized spacial score (nSPS) is 12.8. The van der Waals surface area contributed by atoms with E-state index in [4.69, 9.17) is 0 Å². The molecule has 1 aromatic heterocycles. The van der Waals surface area contributed by atoms with Crippen LogP contribution >= 0.6 is 0 Å². The van der Waals surface area contributed by atoms with Crippen LogP contribution in [0.4, 0.5) is 4.39 Å². The number of aromatic nitrogens is 2. The maximum absolute atomic E-state index is 14.1. The van der Waals surface area contributed by atoms with Gasteiger partial charge in [-0.2, -0.15) is 0 Å². The van der Waals surface area contributed by atoms with Crippen LogP contribution in [0.3, 0.4) is 0 Å². The van der Waals surface area contributed by atoms with Gasteiger partial charge in [-0.1, -0.05) is 18.2 Å². The van der Waals surface area contributed by atoms with Crippen LogP contribution in [-0.4, -0.2) is 14.7 Å². The van der Waals surface area contributed by atoms with Crippen molar-refractivity contribution in [3.8, 4) is 5.69 Å². The molecule has 0 aliphatic carbocycles. The van der Waals surface area contributed by atoms with Crippen LogP contribution < -0.4 is 0 Å². The van der Waals surface area contributed by atoms with Crippen LogP contribution in [0.1, 0.15) is 18.6 Å². The number of halogens is 1. The fourth-order valence-corrected chi connectivity index (χ4v) is 2.13. The van der Waals surface area contributed by atoms with E-state index in [0.29, 0.717) is 11.3 Å². The number of rotatable bonds is 2. The molecule has 0 fully saturated rings. The standard InChI is InChI=1S/C15H13FN2O/c1-10(19)11-6-7-14(12(16)8-11)18-9-17-13-4-2-3-5-15(13)18/h2-10,19H,1H3/t10-/m1/s1. The number of imidazole rings is 1. The minimum absolute atomic E-state index is 0.374.